The molecule has 0 saturated carbocycles. The maximum absolute atomic E-state index is 13.4. The van der Waals surface area contributed by atoms with Gasteiger partial charge in [-0.25, -0.2) is 13.8 Å². The smallest absolute Gasteiger partial charge is 0.264 e. The third-order valence-electron chi connectivity index (χ3n) is 4.87. The first kappa shape index (κ1) is 23.2. The number of hydrogen-bond acceptors (Lipinski definition) is 4. The molecule has 0 unspecified atom stereocenters. The Labute approximate surface area is 189 Å². The van der Waals surface area contributed by atoms with Gasteiger partial charge in [0.1, 0.15) is 6.54 Å². The first-order valence-electron chi connectivity index (χ1n) is 10.2. The van der Waals surface area contributed by atoms with Crippen LogP contribution in [0.5, 0.6) is 0 Å². The van der Waals surface area contributed by atoms with E-state index in [1.807, 2.05) is 58.0 Å². The Balaban J connectivity index is 1.87. The Kier molecular flexibility index (Phi) is 7.10. The summed E-state index contributed by atoms with van der Waals surface area (Å²) in [6.07, 6.45) is 1.52. The lowest BCUT2D eigenvalue weighted by molar-refractivity contribution is -0.119. The van der Waals surface area contributed by atoms with E-state index in [1.165, 1.54) is 6.21 Å². The van der Waals surface area contributed by atoms with Crippen LogP contribution in [0.2, 0.25) is 0 Å². The highest BCUT2D eigenvalue weighted by Gasteiger charge is 2.27. The fraction of sp³-hybridized carbons (Fsp3) is 0.200. The van der Waals surface area contributed by atoms with Gasteiger partial charge in [-0.05, 0) is 68.7 Å². The van der Waals surface area contributed by atoms with Gasteiger partial charge < -0.3 is 0 Å². The number of hydrazone groups is 1. The molecule has 0 aliphatic carbocycles. The topological polar surface area (TPSA) is 78.8 Å². The summed E-state index contributed by atoms with van der Waals surface area (Å²) in [7, 11) is -3.96. The molecule has 3 rings (SSSR count). The van der Waals surface area contributed by atoms with Gasteiger partial charge in [-0.15, -0.1) is 0 Å². The van der Waals surface area contributed by atoms with Crippen molar-refractivity contribution in [1.82, 2.24) is 5.43 Å². The normalized spacial score (nSPS) is 11.5. The van der Waals surface area contributed by atoms with Crippen molar-refractivity contribution in [3.8, 4) is 0 Å². The van der Waals surface area contributed by atoms with Crippen molar-refractivity contribution in [3.63, 3.8) is 0 Å². The van der Waals surface area contributed by atoms with Crippen molar-refractivity contribution in [2.75, 3.05) is 10.8 Å². The average molecular weight is 450 g/mol. The molecule has 166 valence electrons. The molecule has 1 amide bonds. The van der Waals surface area contributed by atoms with Crippen LogP contribution in [-0.2, 0) is 14.8 Å². The highest BCUT2D eigenvalue weighted by molar-refractivity contribution is 7.92. The first-order valence-corrected chi connectivity index (χ1v) is 11.7. The van der Waals surface area contributed by atoms with Crippen LogP contribution in [0.25, 0.3) is 0 Å². The molecule has 7 heteroatoms. The SMILES string of the molecule is Cc1ccc(/C=N\NC(=O)CN(c2cc(C)cc(C)c2)S(=O)(=O)c2ccc(C)cc2)cc1. The highest BCUT2D eigenvalue weighted by Crippen LogP contribution is 2.26. The second-order valence-corrected chi connectivity index (χ2v) is 9.74. The van der Waals surface area contributed by atoms with Crippen LogP contribution in [0, 0.1) is 27.7 Å². The van der Waals surface area contributed by atoms with Crippen molar-refractivity contribution >= 4 is 27.8 Å². The predicted octanol–water partition coefficient (Wildman–Crippen LogP) is 4.27. The van der Waals surface area contributed by atoms with Crippen LogP contribution >= 0.6 is 0 Å². The largest absolute Gasteiger partial charge is 0.271 e. The number of nitrogens with one attached hydrogen (secondary N) is 1. The van der Waals surface area contributed by atoms with Crippen LogP contribution in [0.3, 0.4) is 0 Å². The van der Waals surface area contributed by atoms with Gasteiger partial charge in [-0.2, -0.15) is 5.10 Å². The molecular formula is C25H27N3O3S. The Morgan fingerprint density at radius 2 is 1.38 bits per heavy atom. The molecule has 0 spiro atoms. The molecule has 0 fully saturated rings. The van der Waals surface area contributed by atoms with E-state index in [-0.39, 0.29) is 4.90 Å². The highest BCUT2D eigenvalue weighted by atomic mass is 32.2. The third kappa shape index (κ3) is 5.82. The van der Waals surface area contributed by atoms with Gasteiger partial charge in [0.15, 0.2) is 0 Å². The number of rotatable bonds is 7. The average Bonchev–Trinajstić information content (AvgIpc) is 2.73. The molecule has 3 aromatic rings. The molecule has 0 atom stereocenters. The lowest BCUT2D eigenvalue weighted by Crippen LogP contribution is -2.39. The summed E-state index contributed by atoms with van der Waals surface area (Å²) in [6.45, 7) is 7.25. The number of benzene rings is 3. The molecule has 1 N–H and O–H groups in total. The Morgan fingerprint density at radius 3 is 1.94 bits per heavy atom. The van der Waals surface area contributed by atoms with Crippen LogP contribution < -0.4 is 9.73 Å². The van der Waals surface area contributed by atoms with E-state index in [9.17, 15) is 13.2 Å². The molecule has 6 nitrogen and oxygen atoms in total. The summed E-state index contributed by atoms with van der Waals surface area (Å²) in [6, 6.07) is 19.7. The summed E-state index contributed by atoms with van der Waals surface area (Å²) in [4.78, 5) is 12.8. The summed E-state index contributed by atoms with van der Waals surface area (Å²) >= 11 is 0. The monoisotopic (exact) mass is 449 g/mol. The van der Waals surface area contributed by atoms with E-state index in [4.69, 9.17) is 0 Å². The van der Waals surface area contributed by atoms with Crippen molar-refractivity contribution in [2.45, 2.75) is 32.6 Å². The zero-order valence-electron chi connectivity index (χ0n) is 18.7. The number of anilines is 1. The Morgan fingerprint density at radius 1 is 0.844 bits per heavy atom. The molecule has 3 aromatic carbocycles. The van der Waals surface area contributed by atoms with E-state index < -0.39 is 22.5 Å². The van der Waals surface area contributed by atoms with Crippen molar-refractivity contribution in [1.29, 1.82) is 0 Å². The van der Waals surface area contributed by atoms with Gasteiger partial charge in [0.2, 0.25) is 0 Å². The molecule has 32 heavy (non-hydrogen) atoms. The van der Waals surface area contributed by atoms with Crippen LogP contribution in [0.15, 0.2) is 76.7 Å². The molecule has 0 aliphatic rings. The fourth-order valence-corrected chi connectivity index (χ4v) is 4.65. The minimum atomic E-state index is -3.96. The molecular weight excluding hydrogens is 422 g/mol. The standard InChI is InChI=1S/C25H27N3O3S/c1-18-5-9-22(10-6-18)16-26-27-25(29)17-28(23-14-20(3)13-21(4)15-23)32(30,31)24-11-7-19(2)8-12-24/h5-16H,17H2,1-4H3,(H,27,29)/b26-16-. The number of carbonyl (C=O) groups is 1. The van der Waals surface area contributed by atoms with E-state index in [0.29, 0.717) is 5.69 Å². The molecule has 0 heterocycles. The maximum atomic E-state index is 13.4. The van der Waals surface area contributed by atoms with Crippen LogP contribution in [0.1, 0.15) is 27.8 Å². The molecule has 0 aliphatic heterocycles. The van der Waals surface area contributed by atoms with Crippen molar-refractivity contribution in [2.24, 2.45) is 5.10 Å². The van der Waals surface area contributed by atoms with Gasteiger partial charge in [-0.1, -0.05) is 53.6 Å². The van der Waals surface area contributed by atoms with E-state index in [1.54, 1.807) is 36.4 Å². The molecule has 0 saturated heterocycles. The second-order valence-electron chi connectivity index (χ2n) is 7.87. The van der Waals surface area contributed by atoms with Crippen LogP contribution in [0.4, 0.5) is 5.69 Å². The summed E-state index contributed by atoms with van der Waals surface area (Å²) < 4.78 is 28.0. The summed E-state index contributed by atoms with van der Waals surface area (Å²) in [5.41, 5.74) is 7.57. The molecule has 0 aromatic heterocycles. The number of sulfonamides is 1. The van der Waals surface area contributed by atoms with Gasteiger partial charge in [0.05, 0.1) is 16.8 Å². The molecule has 0 bridgehead atoms. The first-order chi connectivity index (χ1) is 15.1. The maximum Gasteiger partial charge on any atom is 0.264 e. The Bertz CT molecular complexity index is 1210. The van der Waals surface area contributed by atoms with Crippen molar-refractivity contribution < 1.29 is 13.2 Å². The number of nitrogens with zero attached hydrogens (tertiary/aromatic N) is 2. The number of amides is 1. The minimum absolute atomic E-state index is 0.123. The van der Waals surface area contributed by atoms with E-state index >= 15 is 0 Å². The zero-order valence-corrected chi connectivity index (χ0v) is 19.5. The lowest BCUT2D eigenvalue weighted by atomic mass is 10.1. The van der Waals surface area contributed by atoms with Gasteiger partial charge in [-0.3, -0.25) is 9.10 Å². The molecule has 0 radical (unpaired) electrons. The van der Waals surface area contributed by atoms with E-state index in [0.717, 1.165) is 32.1 Å². The lowest BCUT2D eigenvalue weighted by Gasteiger charge is -2.24. The fourth-order valence-electron chi connectivity index (χ4n) is 3.24. The van der Waals surface area contributed by atoms with Gasteiger partial charge in [0.25, 0.3) is 15.9 Å². The minimum Gasteiger partial charge on any atom is -0.271 e. The number of carbonyl (C=O) groups excluding carboxylic acids is 1. The predicted molar refractivity (Wildman–Crippen MR) is 129 cm³/mol. The van der Waals surface area contributed by atoms with E-state index in [2.05, 4.69) is 10.5 Å². The zero-order chi connectivity index (χ0) is 23.3. The Hall–Kier alpha value is -3.45. The van der Waals surface area contributed by atoms with Gasteiger partial charge in [0, 0.05) is 0 Å². The van der Waals surface area contributed by atoms with Gasteiger partial charge >= 0.3 is 0 Å². The second kappa shape index (κ2) is 9.78. The van der Waals surface area contributed by atoms with Crippen molar-refractivity contribution in [3.05, 3.63) is 94.5 Å². The summed E-state index contributed by atoms with van der Waals surface area (Å²) in [5.74, 6) is -0.539. The number of aryl methyl sites for hydroxylation is 4. The quantitative estimate of drug-likeness (QED) is 0.432. The van der Waals surface area contributed by atoms with Crippen LogP contribution in [-0.4, -0.2) is 27.1 Å². The summed E-state index contributed by atoms with van der Waals surface area (Å²) in [5, 5.41) is 3.97. The number of hydrogen-bond donors (Lipinski definition) is 1. The third-order valence-corrected chi connectivity index (χ3v) is 6.66.